The van der Waals surface area contributed by atoms with Crippen molar-refractivity contribution in [3.05, 3.63) is 29.8 Å². The van der Waals surface area contributed by atoms with E-state index in [1.165, 1.54) is 0 Å². The lowest BCUT2D eigenvalue weighted by Gasteiger charge is -2.33. The number of nitrogens with zero attached hydrogens (tertiary/aromatic N) is 1. The molecule has 2 atom stereocenters. The number of piperidine rings is 1. The first kappa shape index (κ1) is 18.2. The normalized spacial score (nSPS) is 23.7. The predicted octanol–water partition coefficient (Wildman–Crippen LogP) is 0.787. The van der Waals surface area contributed by atoms with Gasteiger partial charge < -0.3 is 21.3 Å². The molecule has 7 nitrogen and oxygen atoms in total. The van der Waals surface area contributed by atoms with E-state index in [0.717, 1.165) is 37.9 Å². The molecule has 3 amide bonds. The van der Waals surface area contributed by atoms with E-state index < -0.39 is 6.04 Å². The Bertz CT molecular complexity index is 674. The number of amides is 3. The second kappa shape index (κ2) is 8.21. The van der Waals surface area contributed by atoms with E-state index in [-0.39, 0.29) is 23.6 Å². The number of primary amides is 1. The first-order chi connectivity index (χ1) is 12.5. The smallest absolute Gasteiger partial charge is 0.251 e. The second-order valence-corrected chi connectivity index (χ2v) is 7.05. The highest BCUT2D eigenvalue weighted by atomic mass is 16.2. The van der Waals surface area contributed by atoms with Crippen LogP contribution in [0.3, 0.4) is 0 Å². The lowest BCUT2D eigenvalue weighted by atomic mass is 9.97. The molecule has 2 heterocycles. The molecule has 0 aliphatic carbocycles. The fourth-order valence-corrected chi connectivity index (χ4v) is 3.59. The first-order valence-electron chi connectivity index (χ1n) is 9.27. The molecule has 0 spiro atoms. The summed E-state index contributed by atoms with van der Waals surface area (Å²) in [4.78, 5) is 37.9. The summed E-state index contributed by atoms with van der Waals surface area (Å²) in [6, 6.07) is 6.81. The van der Waals surface area contributed by atoms with Crippen LogP contribution in [-0.4, -0.2) is 43.4 Å². The average molecular weight is 358 g/mol. The van der Waals surface area contributed by atoms with Crippen LogP contribution in [0.25, 0.3) is 0 Å². The molecule has 0 radical (unpaired) electrons. The van der Waals surface area contributed by atoms with Crippen molar-refractivity contribution in [1.29, 1.82) is 0 Å². The lowest BCUT2D eigenvalue weighted by molar-refractivity contribution is -0.123. The third kappa shape index (κ3) is 4.33. The summed E-state index contributed by atoms with van der Waals surface area (Å²) < 4.78 is 0. The van der Waals surface area contributed by atoms with Crippen LogP contribution in [0.1, 0.15) is 42.5 Å². The van der Waals surface area contributed by atoms with Gasteiger partial charge in [0.25, 0.3) is 5.91 Å². The van der Waals surface area contributed by atoms with Gasteiger partial charge in [-0.1, -0.05) is 0 Å². The monoisotopic (exact) mass is 358 g/mol. The van der Waals surface area contributed by atoms with Crippen molar-refractivity contribution in [3.8, 4) is 0 Å². The summed E-state index contributed by atoms with van der Waals surface area (Å²) in [5, 5.41) is 5.64. The molecule has 0 unspecified atom stereocenters. The van der Waals surface area contributed by atoms with E-state index in [2.05, 4.69) is 15.5 Å². The minimum atomic E-state index is -0.469. The van der Waals surface area contributed by atoms with Gasteiger partial charge in [-0.15, -0.1) is 0 Å². The number of hydrogen-bond acceptors (Lipinski definition) is 4. The van der Waals surface area contributed by atoms with Crippen LogP contribution in [0.5, 0.6) is 0 Å². The summed E-state index contributed by atoms with van der Waals surface area (Å²) in [6.45, 7) is 2.16. The molecular formula is C19H26N4O3. The molecule has 0 aromatic heterocycles. The Morgan fingerprint density at radius 1 is 1.12 bits per heavy atom. The van der Waals surface area contributed by atoms with Gasteiger partial charge in [0.15, 0.2) is 0 Å². The minimum Gasteiger partial charge on any atom is -0.371 e. The van der Waals surface area contributed by atoms with Crippen LogP contribution >= 0.6 is 0 Å². The SMILES string of the molecule is NC(=O)[C@H]1CCCN(c2ccc(C(=O)N[C@@H]3CCCCNC3=O)cc2)C1. The Kier molecular flexibility index (Phi) is 5.75. The molecule has 26 heavy (non-hydrogen) atoms. The van der Waals surface area contributed by atoms with Gasteiger partial charge in [0.1, 0.15) is 6.04 Å². The zero-order chi connectivity index (χ0) is 18.5. The largest absolute Gasteiger partial charge is 0.371 e. The third-order valence-electron chi connectivity index (χ3n) is 5.16. The highest BCUT2D eigenvalue weighted by molar-refractivity contribution is 5.97. The van der Waals surface area contributed by atoms with E-state index >= 15 is 0 Å². The number of rotatable bonds is 4. The van der Waals surface area contributed by atoms with Gasteiger partial charge in [-0.3, -0.25) is 14.4 Å². The molecule has 2 fully saturated rings. The lowest BCUT2D eigenvalue weighted by Crippen LogP contribution is -2.45. The summed E-state index contributed by atoms with van der Waals surface area (Å²) in [7, 11) is 0. The number of benzene rings is 1. The van der Waals surface area contributed by atoms with Crippen molar-refractivity contribution in [1.82, 2.24) is 10.6 Å². The maximum absolute atomic E-state index is 12.4. The molecule has 2 saturated heterocycles. The van der Waals surface area contributed by atoms with Crippen molar-refractivity contribution < 1.29 is 14.4 Å². The van der Waals surface area contributed by atoms with Gasteiger partial charge in [-0.2, -0.15) is 0 Å². The number of carbonyl (C=O) groups excluding carboxylic acids is 3. The number of nitrogens with two attached hydrogens (primary N) is 1. The maximum atomic E-state index is 12.4. The summed E-state index contributed by atoms with van der Waals surface area (Å²) >= 11 is 0. The van der Waals surface area contributed by atoms with E-state index in [0.29, 0.717) is 25.1 Å². The van der Waals surface area contributed by atoms with Crippen molar-refractivity contribution in [3.63, 3.8) is 0 Å². The standard InChI is InChI=1S/C19H26N4O3/c20-17(24)14-4-3-11-23(12-14)15-8-6-13(7-9-15)18(25)22-16-5-1-2-10-21-19(16)26/h6-9,14,16H,1-5,10-12H2,(H2,20,24)(H,21,26)(H,22,25)/t14-,16+/m0/s1. The summed E-state index contributed by atoms with van der Waals surface area (Å²) in [5.41, 5.74) is 6.93. The van der Waals surface area contributed by atoms with Crippen LogP contribution in [-0.2, 0) is 9.59 Å². The van der Waals surface area contributed by atoms with Crippen molar-refractivity contribution in [2.75, 3.05) is 24.5 Å². The Balaban J connectivity index is 1.62. The zero-order valence-corrected chi connectivity index (χ0v) is 14.9. The van der Waals surface area contributed by atoms with Crippen LogP contribution < -0.4 is 21.3 Å². The maximum Gasteiger partial charge on any atom is 0.251 e. The fraction of sp³-hybridized carbons (Fsp3) is 0.526. The Morgan fingerprint density at radius 3 is 2.62 bits per heavy atom. The van der Waals surface area contributed by atoms with Gasteiger partial charge in [-0.05, 0) is 56.4 Å². The van der Waals surface area contributed by atoms with Crippen LogP contribution in [0.15, 0.2) is 24.3 Å². The molecule has 0 bridgehead atoms. The highest BCUT2D eigenvalue weighted by Crippen LogP contribution is 2.23. The van der Waals surface area contributed by atoms with Crippen LogP contribution in [0.2, 0.25) is 0 Å². The van der Waals surface area contributed by atoms with Gasteiger partial charge in [-0.25, -0.2) is 0 Å². The fourth-order valence-electron chi connectivity index (χ4n) is 3.59. The number of carbonyl (C=O) groups is 3. The minimum absolute atomic E-state index is 0.113. The Morgan fingerprint density at radius 2 is 1.88 bits per heavy atom. The summed E-state index contributed by atoms with van der Waals surface area (Å²) in [5.74, 6) is -0.738. The van der Waals surface area contributed by atoms with Crippen LogP contribution in [0.4, 0.5) is 5.69 Å². The van der Waals surface area contributed by atoms with E-state index in [4.69, 9.17) is 5.73 Å². The molecule has 2 aliphatic rings. The Labute approximate surface area is 153 Å². The molecule has 4 N–H and O–H groups in total. The number of nitrogens with one attached hydrogen (secondary N) is 2. The van der Waals surface area contributed by atoms with Crippen molar-refractivity contribution >= 4 is 23.4 Å². The second-order valence-electron chi connectivity index (χ2n) is 7.05. The predicted molar refractivity (Wildman–Crippen MR) is 98.7 cm³/mol. The van der Waals surface area contributed by atoms with Crippen molar-refractivity contribution in [2.24, 2.45) is 11.7 Å². The van der Waals surface area contributed by atoms with Gasteiger partial charge in [0.05, 0.1) is 5.92 Å². The quantitative estimate of drug-likeness (QED) is 0.740. The van der Waals surface area contributed by atoms with E-state index in [1.54, 1.807) is 12.1 Å². The molecule has 1 aromatic rings. The average Bonchev–Trinajstić information content (AvgIpc) is 2.86. The number of hydrogen-bond donors (Lipinski definition) is 3. The van der Waals surface area contributed by atoms with Gasteiger partial charge in [0.2, 0.25) is 11.8 Å². The third-order valence-corrected chi connectivity index (χ3v) is 5.16. The molecule has 0 saturated carbocycles. The Hall–Kier alpha value is -2.57. The zero-order valence-electron chi connectivity index (χ0n) is 14.9. The summed E-state index contributed by atoms with van der Waals surface area (Å²) in [6.07, 6.45) is 4.27. The molecule has 2 aliphatic heterocycles. The topological polar surface area (TPSA) is 105 Å². The number of anilines is 1. The van der Waals surface area contributed by atoms with Gasteiger partial charge >= 0.3 is 0 Å². The highest BCUT2D eigenvalue weighted by Gasteiger charge is 2.25. The van der Waals surface area contributed by atoms with Crippen LogP contribution in [0, 0.1) is 5.92 Å². The van der Waals surface area contributed by atoms with Crippen molar-refractivity contribution in [2.45, 2.75) is 38.1 Å². The molecular weight excluding hydrogens is 332 g/mol. The first-order valence-corrected chi connectivity index (χ1v) is 9.27. The van der Waals surface area contributed by atoms with Gasteiger partial charge in [0, 0.05) is 30.9 Å². The molecule has 1 aromatic carbocycles. The molecule has 3 rings (SSSR count). The van der Waals surface area contributed by atoms with E-state index in [9.17, 15) is 14.4 Å². The molecule has 7 heteroatoms. The molecule has 140 valence electrons. The van der Waals surface area contributed by atoms with E-state index in [1.807, 2.05) is 12.1 Å².